The number of benzene rings is 2. The van der Waals surface area contributed by atoms with E-state index in [0.29, 0.717) is 10.0 Å². The standard InChI is InChI=1S/C15H13Cl2NO/c16-13-6-1-10(9-14(13)17)15(7-8-15)19-12-4-2-11(18)3-5-12/h1-6,9H,7-8,18H2. The van der Waals surface area contributed by atoms with Crippen LogP contribution in [0.5, 0.6) is 5.75 Å². The molecule has 2 nitrogen and oxygen atoms in total. The van der Waals surface area contributed by atoms with Crippen LogP contribution in [0.3, 0.4) is 0 Å². The highest BCUT2D eigenvalue weighted by molar-refractivity contribution is 6.42. The van der Waals surface area contributed by atoms with Gasteiger partial charge in [0.1, 0.15) is 11.4 Å². The normalized spacial score (nSPS) is 16.1. The Balaban J connectivity index is 1.86. The lowest BCUT2D eigenvalue weighted by molar-refractivity contribution is 0.181. The molecule has 0 amide bonds. The average molecular weight is 294 g/mol. The third-order valence-electron chi connectivity index (χ3n) is 3.34. The lowest BCUT2D eigenvalue weighted by atomic mass is 10.1. The van der Waals surface area contributed by atoms with Crippen LogP contribution in [-0.4, -0.2) is 0 Å². The van der Waals surface area contributed by atoms with Crippen molar-refractivity contribution >= 4 is 28.9 Å². The number of rotatable bonds is 3. The molecule has 0 bridgehead atoms. The second-order valence-corrected chi connectivity index (χ2v) is 5.61. The van der Waals surface area contributed by atoms with Gasteiger partial charge in [-0.1, -0.05) is 29.3 Å². The van der Waals surface area contributed by atoms with Gasteiger partial charge in [-0.15, -0.1) is 0 Å². The molecule has 0 saturated heterocycles. The molecule has 1 saturated carbocycles. The van der Waals surface area contributed by atoms with Crippen molar-refractivity contribution in [3.8, 4) is 5.75 Å². The summed E-state index contributed by atoms with van der Waals surface area (Å²) in [7, 11) is 0. The number of halogens is 2. The fourth-order valence-corrected chi connectivity index (χ4v) is 2.40. The molecule has 2 aromatic rings. The predicted molar refractivity (Wildman–Crippen MR) is 78.9 cm³/mol. The summed E-state index contributed by atoms with van der Waals surface area (Å²) in [4.78, 5) is 0. The van der Waals surface area contributed by atoms with Gasteiger partial charge in [-0.25, -0.2) is 0 Å². The summed E-state index contributed by atoms with van der Waals surface area (Å²) in [6.45, 7) is 0. The van der Waals surface area contributed by atoms with Gasteiger partial charge in [0.05, 0.1) is 10.0 Å². The van der Waals surface area contributed by atoms with E-state index in [0.717, 1.165) is 29.8 Å². The second kappa shape index (κ2) is 4.62. The second-order valence-electron chi connectivity index (χ2n) is 4.79. The van der Waals surface area contributed by atoms with Crippen LogP contribution in [0, 0.1) is 0 Å². The topological polar surface area (TPSA) is 35.2 Å². The van der Waals surface area contributed by atoms with Crippen LogP contribution in [0.25, 0.3) is 0 Å². The molecule has 2 aromatic carbocycles. The van der Waals surface area contributed by atoms with Crippen molar-refractivity contribution in [1.82, 2.24) is 0 Å². The highest BCUT2D eigenvalue weighted by Gasteiger charge is 2.47. The zero-order valence-corrected chi connectivity index (χ0v) is 11.7. The SMILES string of the molecule is Nc1ccc(OC2(c3ccc(Cl)c(Cl)c3)CC2)cc1. The van der Waals surface area contributed by atoms with Crippen molar-refractivity contribution in [1.29, 1.82) is 0 Å². The van der Waals surface area contributed by atoms with Crippen molar-refractivity contribution in [3.63, 3.8) is 0 Å². The molecule has 2 N–H and O–H groups in total. The fourth-order valence-electron chi connectivity index (χ4n) is 2.10. The summed E-state index contributed by atoms with van der Waals surface area (Å²) < 4.78 is 6.09. The summed E-state index contributed by atoms with van der Waals surface area (Å²) in [5.74, 6) is 0.817. The summed E-state index contributed by atoms with van der Waals surface area (Å²) in [5.41, 5.74) is 7.20. The van der Waals surface area contributed by atoms with Gasteiger partial charge in [-0.05, 0) is 54.8 Å². The molecule has 98 valence electrons. The number of hydrogen-bond acceptors (Lipinski definition) is 2. The minimum absolute atomic E-state index is 0.260. The quantitative estimate of drug-likeness (QED) is 0.837. The lowest BCUT2D eigenvalue weighted by Crippen LogP contribution is -2.15. The molecule has 1 fully saturated rings. The molecule has 0 heterocycles. The van der Waals surface area contributed by atoms with Crippen LogP contribution in [0.2, 0.25) is 10.0 Å². The van der Waals surface area contributed by atoms with E-state index in [-0.39, 0.29) is 5.60 Å². The molecule has 0 spiro atoms. The molecule has 19 heavy (non-hydrogen) atoms. The first-order chi connectivity index (χ1) is 9.09. The van der Waals surface area contributed by atoms with Crippen LogP contribution in [0.4, 0.5) is 5.69 Å². The van der Waals surface area contributed by atoms with Gasteiger partial charge in [-0.3, -0.25) is 0 Å². The average Bonchev–Trinajstić information content (AvgIpc) is 3.16. The van der Waals surface area contributed by atoms with Crippen molar-refractivity contribution in [2.24, 2.45) is 0 Å². The summed E-state index contributed by atoms with van der Waals surface area (Å²) in [5, 5.41) is 1.13. The number of anilines is 1. The summed E-state index contributed by atoms with van der Waals surface area (Å²) >= 11 is 12.0. The molecule has 0 aliphatic heterocycles. The van der Waals surface area contributed by atoms with Crippen molar-refractivity contribution in [3.05, 3.63) is 58.1 Å². The highest BCUT2D eigenvalue weighted by atomic mass is 35.5. The Kier molecular flexibility index (Phi) is 3.08. The van der Waals surface area contributed by atoms with Gasteiger partial charge in [0.15, 0.2) is 0 Å². The minimum atomic E-state index is -0.260. The molecule has 0 aromatic heterocycles. The van der Waals surface area contributed by atoms with Gasteiger partial charge in [-0.2, -0.15) is 0 Å². The zero-order chi connectivity index (χ0) is 13.5. The van der Waals surface area contributed by atoms with E-state index < -0.39 is 0 Å². The van der Waals surface area contributed by atoms with Gasteiger partial charge in [0, 0.05) is 5.69 Å². The number of nitrogen functional groups attached to an aromatic ring is 1. The van der Waals surface area contributed by atoms with E-state index in [1.54, 1.807) is 0 Å². The Bertz CT molecular complexity index is 606. The minimum Gasteiger partial charge on any atom is -0.483 e. The third-order valence-corrected chi connectivity index (χ3v) is 4.08. The van der Waals surface area contributed by atoms with Gasteiger partial charge in [0.25, 0.3) is 0 Å². The van der Waals surface area contributed by atoms with Crippen LogP contribution in [-0.2, 0) is 5.60 Å². The van der Waals surface area contributed by atoms with E-state index in [1.807, 2.05) is 42.5 Å². The van der Waals surface area contributed by atoms with Gasteiger partial charge in [0.2, 0.25) is 0 Å². The van der Waals surface area contributed by atoms with E-state index in [2.05, 4.69) is 0 Å². The zero-order valence-electron chi connectivity index (χ0n) is 10.2. The first-order valence-electron chi connectivity index (χ1n) is 6.09. The van der Waals surface area contributed by atoms with Gasteiger partial charge < -0.3 is 10.5 Å². The third kappa shape index (κ3) is 2.51. The maximum Gasteiger partial charge on any atom is 0.134 e. The summed E-state index contributed by atoms with van der Waals surface area (Å²) in [6, 6.07) is 13.1. The smallest absolute Gasteiger partial charge is 0.134 e. The Morgan fingerprint density at radius 3 is 2.21 bits per heavy atom. The van der Waals surface area contributed by atoms with Crippen LogP contribution >= 0.6 is 23.2 Å². The molecule has 0 unspecified atom stereocenters. The van der Waals surface area contributed by atoms with Crippen LogP contribution < -0.4 is 10.5 Å². The lowest BCUT2D eigenvalue weighted by Gasteiger charge is -2.19. The molecule has 0 atom stereocenters. The fraction of sp³-hybridized carbons (Fsp3) is 0.200. The molecular formula is C15H13Cl2NO. The molecular weight excluding hydrogens is 281 g/mol. The molecule has 1 aliphatic rings. The molecule has 4 heteroatoms. The molecule has 0 radical (unpaired) electrons. The van der Waals surface area contributed by atoms with Crippen molar-refractivity contribution < 1.29 is 4.74 Å². The number of nitrogens with two attached hydrogens (primary N) is 1. The predicted octanol–water partition coefficient (Wildman–Crippen LogP) is 4.64. The highest BCUT2D eigenvalue weighted by Crippen LogP contribution is 2.50. The van der Waals surface area contributed by atoms with Crippen LogP contribution in [0.1, 0.15) is 18.4 Å². The van der Waals surface area contributed by atoms with E-state index in [9.17, 15) is 0 Å². The first kappa shape index (κ1) is 12.6. The van der Waals surface area contributed by atoms with E-state index >= 15 is 0 Å². The largest absolute Gasteiger partial charge is 0.483 e. The van der Waals surface area contributed by atoms with Crippen LogP contribution in [0.15, 0.2) is 42.5 Å². The Hall–Kier alpha value is -1.38. The molecule has 1 aliphatic carbocycles. The Morgan fingerprint density at radius 1 is 0.947 bits per heavy atom. The Labute approximate surface area is 122 Å². The first-order valence-corrected chi connectivity index (χ1v) is 6.85. The maximum absolute atomic E-state index is 6.09. The van der Waals surface area contributed by atoms with Crippen molar-refractivity contribution in [2.45, 2.75) is 18.4 Å². The van der Waals surface area contributed by atoms with Crippen molar-refractivity contribution in [2.75, 3.05) is 5.73 Å². The van der Waals surface area contributed by atoms with Gasteiger partial charge >= 0.3 is 0 Å². The maximum atomic E-state index is 6.09. The number of ether oxygens (including phenoxy) is 1. The molecule has 3 rings (SSSR count). The van der Waals surface area contributed by atoms with E-state index in [1.165, 1.54) is 0 Å². The summed E-state index contributed by atoms with van der Waals surface area (Å²) in [6.07, 6.45) is 1.96. The monoisotopic (exact) mass is 293 g/mol. The Morgan fingerprint density at radius 2 is 1.63 bits per heavy atom. The number of hydrogen-bond donors (Lipinski definition) is 1. The van der Waals surface area contributed by atoms with E-state index in [4.69, 9.17) is 33.7 Å².